The second kappa shape index (κ2) is 7.25. The largest absolute Gasteiger partial charge is 0.343 e. The summed E-state index contributed by atoms with van der Waals surface area (Å²) in [7, 11) is 0. The normalized spacial score (nSPS) is 11.3. The molecule has 2 aromatic carbocycles. The van der Waals surface area contributed by atoms with Crippen molar-refractivity contribution in [3.05, 3.63) is 59.1 Å². The second-order valence-corrected chi connectivity index (χ2v) is 7.94. The number of nitrogens with one attached hydrogen (secondary N) is 2. The number of aromatic nitrogens is 1. The fraction of sp³-hybridized carbons (Fsp3) is 0.250. The van der Waals surface area contributed by atoms with E-state index in [0.717, 1.165) is 16.5 Å². The van der Waals surface area contributed by atoms with Gasteiger partial charge in [-0.15, -0.1) is 11.3 Å². The van der Waals surface area contributed by atoms with Gasteiger partial charge in [0.15, 0.2) is 5.13 Å². The molecule has 0 saturated heterocycles. The summed E-state index contributed by atoms with van der Waals surface area (Å²) in [6.45, 7) is 6.10. The van der Waals surface area contributed by atoms with Crippen molar-refractivity contribution in [3.8, 4) is 0 Å². The van der Waals surface area contributed by atoms with Crippen LogP contribution in [-0.4, -0.2) is 23.3 Å². The molecule has 0 aliphatic rings. The van der Waals surface area contributed by atoms with Gasteiger partial charge < -0.3 is 10.6 Å². The maximum absolute atomic E-state index is 12.3. The Kier molecular flexibility index (Phi) is 5.04. The summed E-state index contributed by atoms with van der Waals surface area (Å²) in [5, 5.41) is 9.90. The number of hydrogen-bond acceptors (Lipinski definition) is 4. The van der Waals surface area contributed by atoms with Crippen molar-refractivity contribution in [1.29, 1.82) is 0 Å². The fourth-order valence-corrected chi connectivity index (χ4v) is 3.39. The zero-order valence-corrected chi connectivity index (χ0v) is 15.8. The Hall–Kier alpha value is -2.73. The standard InChI is InChI=1S/C20H21N3O2S/c1-20(2,3)16-12-26-19(22-16)23-17(24)11-21-18(25)15-9-8-13-6-4-5-7-14(13)10-15/h4-10,12H,11H2,1-3H3,(H,21,25)(H,22,23,24). The molecule has 0 fully saturated rings. The van der Waals surface area contributed by atoms with Gasteiger partial charge in [-0.1, -0.05) is 51.1 Å². The lowest BCUT2D eigenvalue weighted by Crippen LogP contribution is -2.32. The van der Waals surface area contributed by atoms with Gasteiger partial charge in [0.2, 0.25) is 5.91 Å². The average Bonchev–Trinajstić information content (AvgIpc) is 3.08. The first-order chi connectivity index (χ1) is 12.3. The maximum atomic E-state index is 12.3. The molecular weight excluding hydrogens is 346 g/mol. The number of hydrogen-bond donors (Lipinski definition) is 2. The van der Waals surface area contributed by atoms with Crippen LogP contribution in [0.2, 0.25) is 0 Å². The van der Waals surface area contributed by atoms with Crippen LogP contribution in [0.15, 0.2) is 47.8 Å². The Balaban J connectivity index is 1.58. The maximum Gasteiger partial charge on any atom is 0.251 e. The molecule has 0 radical (unpaired) electrons. The molecule has 1 heterocycles. The van der Waals surface area contributed by atoms with Gasteiger partial charge in [-0.05, 0) is 22.9 Å². The summed E-state index contributed by atoms with van der Waals surface area (Å²) in [6.07, 6.45) is 0. The van der Waals surface area contributed by atoms with E-state index >= 15 is 0 Å². The summed E-state index contributed by atoms with van der Waals surface area (Å²) in [4.78, 5) is 28.8. The minimum absolute atomic E-state index is 0.0657. The van der Waals surface area contributed by atoms with Gasteiger partial charge in [0.05, 0.1) is 12.2 Å². The van der Waals surface area contributed by atoms with Crippen LogP contribution in [0.3, 0.4) is 0 Å². The van der Waals surface area contributed by atoms with E-state index in [1.165, 1.54) is 11.3 Å². The van der Waals surface area contributed by atoms with Gasteiger partial charge in [-0.25, -0.2) is 4.98 Å². The minimum Gasteiger partial charge on any atom is -0.343 e. The van der Waals surface area contributed by atoms with E-state index in [1.807, 2.05) is 41.8 Å². The molecule has 2 N–H and O–H groups in total. The molecule has 0 aliphatic heterocycles. The fourth-order valence-electron chi connectivity index (χ4n) is 2.43. The highest BCUT2D eigenvalue weighted by molar-refractivity contribution is 7.13. The molecule has 3 aromatic rings. The molecule has 5 nitrogen and oxygen atoms in total. The van der Waals surface area contributed by atoms with E-state index in [-0.39, 0.29) is 23.8 Å². The molecule has 3 rings (SSSR count). The van der Waals surface area contributed by atoms with Crippen molar-refractivity contribution >= 4 is 39.1 Å². The number of nitrogens with zero attached hydrogens (tertiary/aromatic N) is 1. The van der Waals surface area contributed by atoms with E-state index < -0.39 is 0 Å². The molecule has 0 bridgehead atoms. The summed E-state index contributed by atoms with van der Waals surface area (Å²) < 4.78 is 0. The van der Waals surface area contributed by atoms with Crippen LogP contribution in [0.1, 0.15) is 36.8 Å². The first kappa shape index (κ1) is 18.1. The van der Waals surface area contributed by atoms with Crippen LogP contribution in [0, 0.1) is 0 Å². The number of rotatable bonds is 4. The molecule has 6 heteroatoms. The van der Waals surface area contributed by atoms with E-state index in [0.29, 0.717) is 10.7 Å². The number of thiazole rings is 1. The van der Waals surface area contributed by atoms with Gasteiger partial charge in [0.1, 0.15) is 0 Å². The van der Waals surface area contributed by atoms with Crippen molar-refractivity contribution in [2.75, 3.05) is 11.9 Å². The zero-order chi connectivity index (χ0) is 18.7. The Morgan fingerprint density at radius 1 is 1.08 bits per heavy atom. The number of benzene rings is 2. The highest BCUT2D eigenvalue weighted by Crippen LogP contribution is 2.26. The topological polar surface area (TPSA) is 71.1 Å². The van der Waals surface area contributed by atoms with Crippen molar-refractivity contribution in [2.24, 2.45) is 0 Å². The van der Waals surface area contributed by atoms with E-state index in [9.17, 15) is 9.59 Å². The van der Waals surface area contributed by atoms with Crippen molar-refractivity contribution in [2.45, 2.75) is 26.2 Å². The molecule has 2 amide bonds. The first-order valence-corrected chi connectivity index (χ1v) is 9.24. The average molecular weight is 367 g/mol. The molecule has 0 atom stereocenters. The SMILES string of the molecule is CC(C)(C)c1csc(NC(=O)CNC(=O)c2ccc3ccccc3c2)n1. The number of carbonyl (C=O) groups excluding carboxylic acids is 2. The molecule has 0 spiro atoms. The van der Waals surface area contributed by atoms with Crippen LogP contribution >= 0.6 is 11.3 Å². The third-order valence-corrected chi connectivity index (χ3v) is 4.70. The summed E-state index contributed by atoms with van der Waals surface area (Å²) >= 11 is 1.38. The number of fused-ring (bicyclic) bond motifs is 1. The molecule has 0 unspecified atom stereocenters. The van der Waals surface area contributed by atoms with Gasteiger partial charge >= 0.3 is 0 Å². The van der Waals surface area contributed by atoms with Crippen LogP contribution in [0.4, 0.5) is 5.13 Å². The van der Waals surface area contributed by atoms with E-state index in [1.54, 1.807) is 6.07 Å². The minimum atomic E-state index is -0.297. The lowest BCUT2D eigenvalue weighted by Gasteiger charge is -2.14. The molecule has 0 saturated carbocycles. The number of amides is 2. The van der Waals surface area contributed by atoms with Crippen LogP contribution in [-0.2, 0) is 10.2 Å². The summed E-state index contributed by atoms with van der Waals surface area (Å²) in [5.74, 6) is -0.575. The van der Waals surface area contributed by atoms with Crippen LogP contribution in [0.5, 0.6) is 0 Å². The molecule has 134 valence electrons. The molecule has 26 heavy (non-hydrogen) atoms. The lowest BCUT2D eigenvalue weighted by molar-refractivity contribution is -0.115. The van der Waals surface area contributed by atoms with E-state index in [4.69, 9.17) is 0 Å². The third kappa shape index (κ3) is 4.26. The first-order valence-electron chi connectivity index (χ1n) is 8.36. The quantitative estimate of drug-likeness (QED) is 0.733. The monoisotopic (exact) mass is 367 g/mol. The smallest absolute Gasteiger partial charge is 0.251 e. The number of anilines is 1. The van der Waals surface area contributed by atoms with E-state index in [2.05, 4.69) is 36.4 Å². The number of carbonyl (C=O) groups is 2. The Bertz CT molecular complexity index is 957. The summed E-state index contributed by atoms with van der Waals surface area (Å²) in [5.41, 5.74) is 1.39. The molecular formula is C20H21N3O2S. The Morgan fingerprint density at radius 3 is 2.50 bits per heavy atom. The van der Waals surface area contributed by atoms with Crippen molar-refractivity contribution in [3.63, 3.8) is 0 Å². The predicted octanol–water partition coefficient (Wildman–Crippen LogP) is 3.96. The van der Waals surface area contributed by atoms with Gasteiger partial charge in [-0.2, -0.15) is 0 Å². The highest BCUT2D eigenvalue weighted by atomic mass is 32.1. The van der Waals surface area contributed by atoms with Crippen molar-refractivity contribution < 1.29 is 9.59 Å². The molecule has 0 aliphatic carbocycles. The predicted molar refractivity (Wildman–Crippen MR) is 106 cm³/mol. The Morgan fingerprint density at radius 2 is 1.81 bits per heavy atom. The van der Waals surface area contributed by atoms with Gasteiger partial charge in [0.25, 0.3) is 5.91 Å². The second-order valence-electron chi connectivity index (χ2n) is 7.08. The molecule has 1 aromatic heterocycles. The van der Waals surface area contributed by atoms with Crippen LogP contribution in [0.25, 0.3) is 10.8 Å². The lowest BCUT2D eigenvalue weighted by atomic mass is 9.93. The summed E-state index contributed by atoms with van der Waals surface area (Å²) in [6, 6.07) is 13.3. The van der Waals surface area contributed by atoms with Crippen LogP contribution < -0.4 is 10.6 Å². The Labute approximate surface area is 156 Å². The van der Waals surface area contributed by atoms with Gasteiger partial charge in [0, 0.05) is 16.4 Å². The highest BCUT2D eigenvalue weighted by Gasteiger charge is 2.18. The zero-order valence-electron chi connectivity index (χ0n) is 15.0. The third-order valence-electron chi connectivity index (χ3n) is 3.94. The van der Waals surface area contributed by atoms with Crippen molar-refractivity contribution in [1.82, 2.24) is 10.3 Å². The van der Waals surface area contributed by atoms with Gasteiger partial charge in [-0.3, -0.25) is 9.59 Å².